The van der Waals surface area contributed by atoms with E-state index in [0.717, 1.165) is 24.6 Å². The molecule has 0 amide bonds. The van der Waals surface area contributed by atoms with Crippen molar-refractivity contribution in [3.63, 3.8) is 0 Å². The van der Waals surface area contributed by atoms with Gasteiger partial charge in [0.25, 0.3) is 0 Å². The third kappa shape index (κ3) is 3.97. The molecule has 0 aromatic carbocycles. The normalized spacial score (nSPS) is 23.8. The maximum absolute atomic E-state index is 5.56. The van der Waals surface area contributed by atoms with Gasteiger partial charge in [0.2, 0.25) is 0 Å². The molecule has 1 aromatic heterocycles. The number of nitrogens with zero attached hydrogens (tertiary/aromatic N) is 1. The van der Waals surface area contributed by atoms with Gasteiger partial charge in [0.15, 0.2) is 0 Å². The van der Waals surface area contributed by atoms with Crippen LogP contribution in [0.2, 0.25) is 0 Å². The van der Waals surface area contributed by atoms with E-state index in [1.165, 1.54) is 37.7 Å². The van der Waals surface area contributed by atoms with E-state index in [-0.39, 0.29) is 0 Å². The minimum atomic E-state index is 0.396. The highest BCUT2D eigenvalue weighted by molar-refractivity contribution is 5.33. The average Bonchev–Trinajstić information content (AvgIpc) is 2.56. The molecule has 3 atom stereocenters. The van der Waals surface area contributed by atoms with E-state index in [0.29, 0.717) is 12.0 Å². The largest absolute Gasteiger partial charge is 0.495 e. The lowest BCUT2D eigenvalue weighted by atomic mass is 9.72. The summed E-state index contributed by atoms with van der Waals surface area (Å²) in [6, 6.07) is 2.53. The van der Waals surface area contributed by atoms with Crippen LogP contribution in [-0.2, 0) is 0 Å². The molecular weight excluding hydrogens is 260 g/mol. The highest BCUT2D eigenvalue weighted by atomic mass is 16.5. The molecule has 1 N–H and O–H groups in total. The predicted molar refractivity (Wildman–Crippen MR) is 87.6 cm³/mol. The van der Waals surface area contributed by atoms with E-state index in [2.05, 4.69) is 30.2 Å². The summed E-state index contributed by atoms with van der Waals surface area (Å²) in [5.41, 5.74) is 1.28. The Kier molecular flexibility index (Phi) is 6.50. The smallest absolute Gasteiger partial charge is 0.141 e. The molecule has 1 saturated carbocycles. The number of hydrogen-bond acceptors (Lipinski definition) is 3. The first kappa shape index (κ1) is 16.3. The summed E-state index contributed by atoms with van der Waals surface area (Å²) in [6.45, 7) is 5.62. The average molecular weight is 290 g/mol. The molecule has 1 aromatic rings. The molecule has 3 nitrogen and oxygen atoms in total. The number of hydrogen-bond donors (Lipinski definition) is 1. The van der Waals surface area contributed by atoms with Crippen molar-refractivity contribution in [1.82, 2.24) is 10.3 Å². The Labute approximate surface area is 129 Å². The third-order valence-electron chi connectivity index (χ3n) is 4.91. The van der Waals surface area contributed by atoms with E-state index in [4.69, 9.17) is 4.74 Å². The molecule has 1 aliphatic carbocycles. The van der Waals surface area contributed by atoms with E-state index < -0.39 is 0 Å². The second-order valence-corrected chi connectivity index (χ2v) is 6.17. The van der Waals surface area contributed by atoms with Crippen molar-refractivity contribution in [1.29, 1.82) is 0 Å². The number of pyridine rings is 1. The molecule has 2 rings (SSSR count). The number of aromatic nitrogens is 1. The fourth-order valence-electron chi connectivity index (χ4n) is 3.79. The Morgan fingerprint density at radius 2 is 2.14 bits per heavy atom. The van der Waals surface area contributed by atoms with Crippen LogP contribution < -0.4 is 10.1 Å². The first-order valence-electron chi connectivity index (χ1n) is 8.53. The summed E-state index contributed by atoms with van der Waals surface area (Å²) in [5.74, 6) is 2.46. The maximum Gasteiger partial charge on any atom is 0.141 e. The molecule has 0 saturated heterocycles. The van der Waals surface area contributed by atoms with Gasteiger partial charge in [-0.2, -0.15) is 0 Å². The van der Waals surface area contributed by atoms with Crippen molar-refractivity contribution < 1.29 is 4.74 Å². The van der Waals surface area contributed by atoms with E-state index in [1.807, 2.05) is 12.4 Å². The summed E-state index contributed by atoms with van der Waals surface area (Å²) in [6.07, 6.45) is 11.6. The summed E-state index contributed by atoms with van der Waals surface area (Å²) in [4.78, 5) is 4.21. The fraction of sp³-hybridized carbons (Fsp3) is 0.722. The minimum Gasteiger partial charge on any atom is -0.495 e. The van der Waals surface area contributed by atoms with Crippen LogP contribution in [0.4, 0.5) is 0 Å². The second-order valence-electron chi connectivity index (χ2n) is 6.17. The lowest BCUT2D eigenvalue weighted by Gasteiger charge is -2.38. The highest BCUT2D eigenvalue weighted by Crippen LogP contribution is 2.42. The number of ether oxygens (including phenoxy) is 1. The van der Waals surface area contributed by atoms with E-state index in [1.54, 1.807) is 7.11 Å². The van der Waals surface area contributed by atoms with Gasteiger partial charge in [-0.15, -0.1) is 0 Å². The molecule has 21 heavy (non-hydrogen) atoms. The summed E-state index contributed by atoms with van der Waals surface area (Å²) in [5, 5.41) is 3.79. The Morgan fingerprint density at radius 1 is 1.33 bits per heavy atom. The van der Waals surface area contributed by atoms with Gasteiger partial charge >= 0.3 is 0 Å². The zero-order valence-electron chi connectivity index (χ0n) is 13.8. The van der Waals surface area contributed by atoms with Gasteiger partial charge < -0.3 is 10.1 Å². The molecular formula is C18H30N2O. The van der Waals surface area contributed by atoms with Crippen molar-refractivity contribution in [2.75, 3.05) is 13.7 Å². The van der Waals surface area contributed by atoms with Gasteiger partial charge in [0, 0.05) is 17.8 Å². The van der Waals surface area contributed by atoms with Gasteiger partial charge in [0.1, 0.15) is 5.75 Å². The SMILES string of the molecule is CCCNC(c1ccncc1OC)C1CCCCC1CC. The van der Waals surface area contributed by atoms with Crippen LogP contribution in [0, 0.1) is 11.8 Å². The molecule has 0 bridgehead atoms. The zero-order chi connectivity index (χ0) is 15.1. The van der Waals surface area contributed by atoms with E-state index >= 15 is 0 Å². The maximum atomic E-state index is 5.56. The topological polar surface area (TPSA) is 34.2 Å². The molecule has 1 aliphatic rings. The van der Waals surface area contributed by atoms with E-state index in [9.17, 15) is 0 Å². The lowest BCUT2D eigenvalue weighted by molar-refractivity contribution is 0.173. The summed E-state index contributed by atoms with van der Waals surface area (Å²) in [7, 11) is 1.75. The van der Waals surface area contributed by atoms with Crippen LogP contribution in [0.5, 0.6) is 5.75 Å². The van der Waals surface area contributed by atoms with Crippen molar-refractivity contribution in [3.8, 4) is 5.75 Å². The van der Waals surface area contributed by atoms with Gasteiger partial charge in [-0.05, 0) is 37.3 Å². The molecule has 1 fully saturated rings. The van der Waals surface area contributed by atoms with Crippen LogP contribution in [0.3, 0.4) is 0 Å². The van der Waals surface area contributed by atoms with Crippen LogP contribution >= 0.6 is 0 Å². The molecule has 0 aliphatic heterocycles. The van der Waals surface area contributed by atoms with Crippen molar-refractivity contribution in [2.45, 2.75) is 58.4 Å². The predicted octanol–water partition coefficient (Wildman–Crippen LogP) is 4.35. The lowest BCUT2D eigenvalue weighted by Crippen LogP contribution is -2.35. The quantitative estimate of drug-likeness (QED) is 0.810. The van der Waals surface area contributed by atoms with Gasteiger partial charge in [-0.1, -0.05) is 39.5 Å². The van der Waals surface area contributed by atoms with Crippen LogP contribution in [0.25, 0.3) is 0 Å². The second kappa shape index (κ2) is 8.38. The van der Waals surface area contributed by atoms with Crippen LogP contribution in [0.15, 0.2) is 18.5 Å². The van der Waals surface area contributed by atoms with Gasteiger partial charge in [-0.3, -0.25) is 4.98 Å². The molecule has 0 spiro atoms. The number of methoxy groups -OCH3 is 1. The molecule has 118 valence electrons. The highest BCUT2D eigenvalue weighted by Gasteiger charge is 2.32. The summed E-state index contributed by atoms with van der Waals surface area (Å²) >= 11 is 0. The number of nitrogens with one attached hydrogen (secondary N) is 1. The monoisotopic (exact) mass is 290 g/mol. The first-order valence-corrected chi connectivity index (χ1v) is 8.53. The zero-order valence-corrected chi connectivity index (χ0v) is 13.8. The minimum absolute atomic E-state index is 0.396. The molecule has 1 heterocycles. The van der Waals surface area contributed by atoms with Crippen LogP contribution in [-0.4, -0.2) is 18.6 Å². The molecule has 3 unspecified atom stereocenters. The fourth-order valence-corrected chi connectivity index (χ4v) is 3.79. The third-order valence-corrected chi connectivity index (χ3v) is 4.91. The van der Waals surface area contributed by atoms with Crippen molar-refractivity contribution in [3.05, 3.63) is 24.0 Å². The number of rotatable bonds is 7. The van der Waals surface area contributed by atoms with Crippen molar-refractivity contribution >= 4 is 0 Å². The Balaban J connectivity index is 2.28. The Morgan fingerprint density at radius 3 is 2.86 bits per heavy atom. The van der Waals surface area contributed by atoms with Gasteiger partial charge in [-0.25, -0.2) is 0 Å². The van der Waals surface area contributed by atoms with Crippen LogP contribution in [0.1, 0.15) is 64.0 Å². The molecule has 3 heteroatoms. The van der Waals surface area contributed by atoms with Gasteiger partial charge in [0.05, 0.1) is 13.3 Å². The Bertz CT molecular complexity index is 421. The molecule has 0 radical (unpaired) electrons. The van der Waals surface area contributed by atoms with Crippen molar-refractivity contribution in [2.24, 2.45) is 11.8 Å². The first-order chi connectivity index (χ1) is 10.3. The standard InChI is InChI=1S/C18H30N2O/c1-4-11-20-18(15-9-7-6-8-14(15)5-2)16-10-12-19-13-17(16)21-3/h10,12-15,18,20H,4-9,11H2,1-3H3. The Hall–Kier alpha value is -1.09. The summed E-state index contributed by atoms with van der Waals surface area (Å²) < 4.78 is 5.56.